The minimum Gasteiger partial charge on any atom is -0.326 e. The van der Waals surface area contributed by atoms with Crippen molar-refractivity contribution in [2.45, 2.75) is 53.1 Å². The molecule has 0 aromatic carbocycles. The quantitative estimate of drug-likeness (QED) is 0.886. The molecule has 2 atom stereocenters. The minimum absolute atomic E-state index is 0.0667. The largest absolute Gasteiger partial charge is 0.326 e. The summed E-state index contributed by atoms with van der Waals surface area (Å²) in [7, 11) is 0. The molecule has 0 spiro atoms. The van der Waals surface area contributed by atoms with Crippen LogP contribution in [0, 0.1) is 12.3 Å². The van der Waals surface area contributed by atoms with Gasteiger partial charge in [0.1, 0.15) is 0 Å². The Balaban J connectivity index is 3.11. The predicted octanol–water partition coefficient (Wildman–Crippen LogP) is 3.17. The smallest absolute Gasteiger partial charge is 0.0815 e. The minimum atomic E-state index is 0.0667. The summed E-state index contributed by atoms with van der Waals surface area (Å²) in [5.74, 6) is 0. The summed E-state index contributed by atoms with van der Waals surface area (Å²) in [4.78, 5) is 0. The summed E-state index contributed by atoms with van der Waals surface area (Å²) in [5, 5.41) is 5.16. The van der Waals surface area contributed by atoms with Crippen LogP contribution in [0.15, 0.2) is 6.20 Å². The molecule has 0 saturated carbocycles. The zero-order valence-corrected chi connectivity index (χ0v) is 11.5. The monoisotopic (exact) mass is 243 g/mol. The van der Waals surface area contributed by atoms with Crippen LogP contribution in [0.3, 0.4) is 0 Å². The van der Waals surface area contributed by atoms with E-state index >= 15 is 0 Å². The molecule has 0 amide bonds. The van der Waals surface area contributed by atoms with Crippen LogP contribution < -0.4 is 5.73 Å². The number of halogens is 1. The Morgan fingerprint density at radius 2 is 2.06 bits per heavy atom. The van der Waals surface area contributed by atoms with Gasteiger partial charge in [-0.2, -0.15) is 5.10 Å². The summed E-state index contributed by atoms with van der Waals surface area (Å²) in [6.45, 7) is 10.5. The number of hydrogen-bond acceptors (Lipinski definition) is 2. The molecule has 0 aliphatic rings. The number of aryl methyl sites for hydroxylation is 1. The van der Waals surface area contributed by atoms with Crippen molar-refractivity contribution in [3.05, 3.63) is 16.9 Å². The topological polar surface area (TPSA) is 43.8 Å². The molecule has 0 aliphatic heterocycles. The van der Waals surface area contributed by atoms with Crippen LogP contribution in [0.2, 0.25) is 5.02 Å². The SMILES string of the molecule is CCC(N)C(n1cc(Cl)c(C)n1)C(C)(C)C. The fraction of sp³-hybridized carbons (Fsp3) is 0.750. The second-order valence-electron chi connectivity index (χ2n) is 5.43. The van der Waals surface area contributed by atoms with Gasteiger partial charge in [-0.25, -0.2) is 0 Å². The number of rotatable bonds is 3. The molecule has 4 heteroatoms. The zero-order valence-electron chi connectivity index (χ0n) is 10.8. The van der Waals surface area contributed by atoms with Crippen molar-refractivity contribution < 1.29 is 0 Å². The van der Waals surface area contributed by atoms with Crippen molar-refractivity contribution in [2.75, 3.05) is 0 Å². The molecule has 3 nitrogen and oxygen atoms in total. The van der Waals surface area contributed by atoms with Crippen LogP contribution in [0.5, 0.6) is 0 Å². The van der Waals surface area contributed by atoms with Crippen molar-refractivity contribution >= 4 is 11.6 Å². The third-order valence-electron chi connectivity index (χ3n) is 2.91. The molecule has 1 aromatic heterocycles. The van der Waals surface area contributed by atoms with Gasteiger partial charge < -0.3 is 5.73 Å². The highest BCUT2D eigenvalue weighted by Crippen LogP contribution is 2.34. The lowest BCUT2D eigenvalue weighted by molar-refractivity contribution is 0.186. The summed E-state index contributed by atoms with van der Waals surface area (Å²) < 4.78 is 1.92. The summed E-state index contributed by atoms with van der Waals surface area (Å²) in [6.07, 6.45) is 2.81. The molecule has 1 heterocycles. The van der Waals surface area contributed by atoms with Gasteiger partial charge in [-0.05, 0) is 18.8 Å². The fourth-order valence-electron chi connectivity index (χ4n) is 2.06. The van der Waals surface area contributed by atoms with E-state index in [0.717, 1.165) is 12.1 Å². The molecule has 0 saturated heterocycles. The zero-order chi connectivity index (χ0) is 12.5. The van der Waals surface area contributed by atoms with Crippen LogP contribution in [0.4, 0.5) is 0 Å². The first-order chi connectivity index (χ1) is 7.27. The molecular formula is C12H22ClN3. The van der Waals surface area contributed by atoms with Gasteiger partial charge in [0.25, 0.3) is 0 Å². The third-order valence-corrected chi connectivity index (χ3v) is 3.28. The molecule has 0 aliphatic carbocycles. The van der Waals surface area contributed by atoms with Crippen LogP contribution in [0.25, 0.3) is 0 Å². The molecule has 0 fully saturated rings. The van der Waals surface area contributed by atoms with Crippen LogP contribution in [0.1, 0.15) is 45.9 Å². The van der Waals surface area contributed by atoms with Gasteiger partial charge in [-0.3, -0.25) is 4.68 Å². The molecule has 2 unspecified atom stereocenters. The van der Waals surface area contributed by atoms with Gasteiger partial charge in [0, 0.05) is 12.2 Å². The van der Waals surface area contributed by atoms with Crippen molar-refractivity contribution in [3.8, 4) is 0 Å². The molecule has 0 radical (unpaired) electrons. The first-order valence-corrected chi connectivity index (χ1v) is 6.12. The van der Waals surface area contributed by atoms with Crippen molar-refractivity contribution in [1.29, 1.82) is 0 Å². The van der Waals surface area contributed by atoms with E-state index in [1.165, 1.54) is 0 Å². The molecule has 92 valence electrons. The lowest BCUT2D eigenvalue weighted by Gasteiger charge is -2.35. The molecule has 16 heavy (non-hydrogen) atoms. The average molecular weight is 244 g/mol. The van der Waals surface area contributed by atoms with E-state index in [4.69, 9.17) is 17.3 Å². The summed E-state index contributed by atoms with van der Waals surface area (Å²) in [6, 6.07) is 0.263. The van der Waals surface area contributed by atoms with Crippen molar-refractivity contribution in [3.63, 3.8) is 0 Å². The van der Waals surface area contributed by atoms with E-state index in [1.807, 2.05) is 17.8 Å². The van der Waals surface area contributed by atoms with Crippen LogP contribution in [-0.2, 0) is 0 Å². The van der Waals surface area contributed by atoms with Crippen LogP contribution in [-0.4, -0.2) is 15.8 Å². The van der Waals surface area contributed by atoms with Gasteiger partial charge in [-0.1, -0.05) is 39.3 Å². The number of aromatic nitrogens is 2. The highest BCUT2D eigenvalue weighted by Gasteiger charge is 2.31. The number of nitrogens with two attached hydrogens (primary N) is 1. The molecule has 1 rings (SSSR count). The second kappa shape index (κ2) is 4.76. The van der Waals surface area contributed by atoms with Gasteiger partial charge in [0.2, 0.25) is 0 Å². The lowest BCUT2D eigenvalue weighted by atomic mass is 9.82. The maximum absolute atomic E-state index is 6.19. The molecule has 1 aromatic rings. The lowest BCUT2D eigenvalue weighted by Crippen LogP contribution is -2.40. The Hall–Kier alpha value is -0.540. The Labute approximate surface area is 103 Å². The van der Waals surface area contributed by atoms with E-state index in [0.29, 0.717) is 5.02 Å². The molecule has 0 bridgehead atoms. The number of nitrogens with zero attached hydrogens (tertiary/aromatic N) is 2. The maximum Gasteiger partial charge on any atom is 0.0815 e. The molecule has 2 N–H and O–H groups in total. The average Bonchev–Trinajstić information content (AvgIpc) is 2.44. The van der Waals surface area contributed by atoms with Gasteiger partial charge in [0.15, 0.2) is 0 Å². The Kier molecular flexibility index (Phi) is 4.02. The first kappa shape index (κ1) is 13.5. The fourth-order valence-corrected chi connectivity index (χ4v) is 2.20. The second-order valence-corrected chi connectivity index (χ2v) is 5.83. The van der Waals surface area contributed by atoms with Gasteiger partial charge >= 0.3 is 0 Å². The van der Waals surface area contributed by atoms with Crippen molar-refractivity contribution in [1.82, 2.24) is 9.78 Å². The predicted molar refractivity (Wildman–Crippen MR) is 68.7 cm³/mol. The summed E-state index contributed by atoms with van der Waals surface area (Å²) >= 11 is 6.05. The van der Waals surface area contributed by atoms with Gasteiger partial charge in [0.05, 0.1) is 16.8 Å². The standard InChI is InChI=1S/C12H22ClN3/c1-6-10(14)11(12(3,4)5)16-7-9(13)8(2)15-16/h7,10-11H,6,14H2,1-5H3. The highest BCUT2D eigenvalue weighted by molar-refractivity contribution is 6.31. The Morgan fingerprint density at radius 1 is 1.50 bits per heavy atom. The first-order valence-electron chi connectivity index (χ1n) is 5.74. The maximum atomic E-state index is 6.19. The van der Waals surface area contributed by atoms with E-state index < -0.39 is 0 Å². The normalized spacial score (nSPS) is 16.2. The third kappa shape index (κ3) is 2.77. The van der Waals surface area contributed by atoms with E-state index in [2.05, 4.69) is 32.8 Å². The van der Waals surface area contributed by atoms with Gasteiger partial charge in [-0.15, -0.1) is 0 Å². The van der Waals surface area contributed by atoms with Crippen molar-refractivity contribution in [2.24, 2.45) is 11.1 Å². The van der Waals surface area contributed by atoms with E-state index in [1.54, 1.807) is 0 Å². The Morgan fingerprint density at radius 3 is 2.38 bits per heavy atom. The molecular weight excluding hydrogens is 222 g/mol. The number of hydrogen-bond donors (Lipinski definition) is 1. The highest BCUT2D eigenvalue weighted by atomic mass is 35.5. The van der Waals surface area contributed by atoms with E-state index in [-0.39, 0.29) is 17.5 Å². The van der Waals surface area contributed by atoms with Crippen LogP contribution >= 0.6 is 11.6 Å². The summed E-state index contributed by atoms with van der Waals surface area (Å²) in [5.41, 5.74) is 7.12. The Bertz CT molecular complexity index is 332. The van der Waals surface area contributed by atoms with E-state index in [9.17, 15) is 0 Å².